The van der Waals surface area contributed by atoms with Crippen molar-refractivity contribution in [3.63, 3.8) is 0 Å². The SMILES string of the molecule is Nc1c(Nc2nc(Cl)ncc2Br)ccc2nccnc12. The summed E-state index contributed by atoms with van der Waals surface area (Å²) in [5, 5.41) is 3.25. The van der Waals surface area contributed by atoms with Crippen molar-refractivity contribution in [3.8, 4) is 0 Å². The molecule has 0 fully saturated rings. The van der Waals surface area contributed by atoms with Crippen molar-refractivity contribution in [2.24, 2.45) is 0 Å². The van der Waals surface area contributed by atoms with Crippen LogP contribution in [-0.4, -0.2) is 19.9 Å². The number of hydrogen-bond donors (Lipinski definition) is 2. The number of rotatable bonds is 2. The summed E-state index contributed by atoms with van der Waals surface area (Å²) >= 11 is 9.13. The number of fused-ring (bicyclic) bond motifs is 1. The minimum atomic E-state index is 0.148. The summed E-state index contributed by atoms with van der Waals surface area (Å²) in [6.45, 7) is 0. The Morgan fingerprint density at radius 3 is 2.80 bits per heavy atom. The van der Waals surface area contributed by atoms with Gasteiger partial charge in [0.1, 0.15) is 11.3 Å². The summed E-state index contributed by atoms with van der Waals surface area (Å²) in [6.07, 6.45) is 4.78. The molecular weight excluding hydrogens is 344 g/mol. The molecule has 2 aromatic heterocycles. The molecule has 0 unspecified atom stereocenters. The van der Waals surface area contributed by atoms with Crippen molar-refractivity contribution in [3.05, 3.63) is 40.5 Å². The molecule has 0 atom stereocenters. The third-order valence-electron chi connectivity index (χ3n) is 2.65. The van der Waals surface area contributed by atoms with Crippen molar-refractivity contribution in [2.45, 2.75) is 0 Å². The summed E-state index contributed by atoms with van der Waals surface area (Å²) in [5.41, 5.74) is 8.64. The van der Waals surface area contributed by atoms with Gasteiger partial charge in [-0.2, -0.15) is 4.98 Å². The lowest BCUT2D eigenvalue weighted by atomic mass is 10.2. The second-order valence-electron chi connectivity index (χ2n) is 3.91. The predicted molar refractivity (Wildman–Crippen MR) is 82.0 cm³/mol. The third-order valence-corrected chi connectivity index (χ3v) is 3.41. The van der Waals surface area contributed by atoms with Gasteiger partial charge in [0.25, 0.3) is 0 Å². The number of nitrogen functional groups attached to an aromatic ring is 1. The quantitative estimate of drug-likeness (QED) is 0.544. The summed E-state index contributed by atoms with van der Waals surface area (Å²) < 4.78 is 0.681. The lowest BCUT2D eigenvalue weighted by Crippen LogP contribution is -2.01. The number of nitrogens with one attached hydrogen (secondary N) is 1. The highest BCUT2D eigenvalue weighted by molar-refractivity contribution is 9.10. The molecule has 2 heterocycles. The molecule has 0 saturated carbocycles. The Bertz CT molecular complexity index is 794. The van der Waals surface area contributed by atoms with Crippen LogP contribution in [0.15, 0.2) is 35.2 Å². The zero-order chi connectivity index (χ0) is 14.1. The lowest BCUT2D eigenvalue weighted by Gasteiger charge is -2.11. The van der Waals surface area contributed by atoms with E-state index in [0.29, 0.717) is 27.2 Å². The van der Waals surface area contributed by atoms with Crippen LogP contribution in [0.1, 0.15) is 0 Å². The Balaban J connectivity index is 2.07. The van der Waals surface area contributed by atoms with Gasteiger partial charge >= 0.3 is 0 Å². The second-order valence-corrected chi connectivity index (χ2v) is 5.10. The molecule has 0 amide bonds. The first-order valence-corrected chi connectivity index (χ1v) is 6.76. The standard InChI is InChI=1S/C12H8BrClN6/c13-6-5-18-12(14)20-11(6)19-7-1-2-8-10(9(7)15)17-4-3-16-8/h1-5H,15H2,(H,18,19,20). The molecule has 20 heavy (non-hydrogen) atoms. The maximum absolute atomic E-state index is 6.10. The number of nitrogens with zero attached hydrogens (tertiary/aromatic N) is 4. The van der Waals surface area contributed by atoms with Gasteiger partial charge in [-0.25, -0.2) is 4.98 Å². The highest BCUT2D eigenvalue weighted by atomic mass is 79.9. The fraction of sp³-hybridized carbons (Fsp3) is 0. The molecule has 0 bridgehead atoms. The van der Waals surface area contributed by atoms with Crippen LogP contribution >= 0.6 is 27.5 Å². The number of aromatic nitrogens is 4. The van der Waals surface area contributed by atoms with Gasteiger partial charge in [-0.3, -0.25) is 9.97 Å². The first-order chi connectivity index (χ1) is 9.65. The van der Waals surface area contributed by atoms with E-state index in [9.17, 15) is 0 Å². The zero-order valence-electron chi connectivity index (χ0n) is 10.0. The monoisotopic (exact) mass is 350 g/mol. The second kappa shape index (κ2) is 5.18. The van der Waals surface area contributed by atoms with E-state index in [1.165, 1.54) is 0 Å². The third kappa shape index (κ3) is 2.37. The van der Waals surface area contributed by atoms with Gasteiger partial charge in [-0.15, -0.1) is 0 Å². The molecule has 0 radical (unpaired) electrons. The van der Waals surface area contributed by atoms with Crippen molar-refractivity contribution in [1.29, 1.82) is 0 Å². The molecule has 0 aliphatic heterocycles. The van der Waals surface area contributed by atoms with E-state index in [1.54, 1.807) is 18.6 Å². The fourth-order valence-electron chi connectivity index (χ4n) is 1.73. The predicted octanol–water partition coefficient (Wildman–Crippen LogP) is 3.16. The summed E-state index contributed by atoms with van der Waals surface area (Å²) in [7, 11) is 0. The number of halogens is 2. The van der Waals surface area contributed by atoms with Crippen molar-refractivity contribution in [2.75, 3.05) is 11.1 Å². The molecule has 0 saturated heterocycles. The Kier molecular flexibility index (Phi) is 3.37. The molecule has 3 rings (SSSR count). The van der Waals surface area contributed by atoms with Gasteiger partial charge in [0.2, 0.25) is 5.28 Å². The first-order valence-electron chi connectivity index (χ1n) is 5.59. The molecule has 0 aliphatic carbocycles. The largest absolute Gasteiger partial charge is 0.395 e. The minimum absolute atomic E-state index is 0.148. The van der Waals surface area contributed by atoms with Gasteiger partial charge in [0.05, 0.1) is 21.4 Å². The Hall–Kier alpha value is -1.99. The van der Waals surface area contributed by atoms with E-state index < -0.39 is 0 Å². The van der Waals surface area contributed by atoms with Crippen LogP contribution < -0.4 is 11.1 Å². The fourth-order valence-corrected chi connectivity index (χ4v) is 2.15. The lowest BCUT2D eigenvalue weighted by molar-refractivity contribution is 1.15. The molecule has 100 valence electrons. The van der Waals surface area contributed by atoms with E-state index >= 15 is 0 Å². The van der Waals surface area contributed by atoms with Crippen LogP contribution in [-0.2, 0) is 0 Å². The van der Waals surface area contributed by atoms with Crippen LogP contribution in [0.4, 0.5) is 17.2 Å². The van der Waals surface area contributed by atoms with Gasteiger partial charge in [0.15, 0.2) is 0 Å². The molecule has 3 N–H and O–H groups in total. The van der Waals surface area contributed by atoms with Gasteiger partial charge < -0.3 is 11.1 Å². The van der Waals surface area contributed by atoms with Crippen molar-refractivity contribution >= 4 is 55.8 Å². The smallest absolute Gasteiger partial charge is 0.224 e. The molecule has 6 nitrogen and oxygen atoms in total. The van der Waals surface area contributed by atoms with Crippen LogP contribution in [0.2, 0.25) is 5.28 Å². The van der Waals surface area contributed by atoms with Crippen molar-refractivity contribution in [1.82, 2.24) is 19.9 Å². The molecule has 8 heteroatoms. The zero-order valence-corrected chi connectivity index (χ0v) is 12.4. The summed E-state index contributed by atoms with van der Waals surface area (Å²) in [4.78, 5) is 16.4. The molecule has 0 spiro atoms. The number of anilines is 3. The number of hydrogen-bond acceptors (Lipinski definition) is 6. The Morgan fingerprint density at radius 1 is 1.15 bits per heavy atom. The van der Waals surface area contributed by atoms with E-state index in [2.05, 4.69) is 41.2 Å². The van der Waals surface area contributed by atoms with Gasteiger partial charge in [0, 0.05) is 18.6 Å². The minimum Gasteiger partial charge on any atom is -0.395 e. The van der Waals surface area contributed by atoms with E-state index in [-0.39, 0.29) is 5.28 Å². The highest BCUT2D eigenvalue weighted by Gasteiger charge is 2.09. The summed E-state index contributed by atoms with van der Waals surface area (Å²) in [6, 6.07) is 3.65. The average molecular weight is 352 g/mol. The van der Waals surface area contributed by atoms with E-state index in [0.717, 1.165) is 5.52 Å². The van der Waals surface area contributed by atoms with Crippen LogP contribution in [0.3, 0.4) is 0 Å². The van der Waals surface area contributed by atoms with E-state index in [1.807, 2.05) is 12.1 Å². The van der Waals surface area contributed by atoms with Crippen LogP contribution in [0.25, 0.3) is 11.0 Å². The van der Waals surface area contributed by atoms with Crippen LogP contribution in [0, 0.1) is 0 Å². The molecule has 3 aromatic rings. The first kappa shape index (κ1) is 13.0. The molecule has 1 aromatic carbocycles. The normalized spacial score (nSPS) is 10.7. The van der Waals surface area contributed by atoms with Crippen molar-refractivity contribution < 1.29 is 0 Å². The molecular formula is C12H8BrClN6. The topological polar surface area (TPSA) is 89.6 Å². The maximum atomic E-state index is 6.10. The van der Waals surface area contributed by atoms with Gasteiger partial charge in [-0.05, 0) is 39.7 Å². The highest BCUT2D eigenvalue weighted by Crippen LogP contribution is 2.30. The molecule has 0 aliphatic rings. The summed E-state index contributed by atoms with van der Waals surface area (Å²) in [5.74, 6) is 0.528. The number of nitrogens with two attached hydrogens (primary N) is 1. The van der Waals surface area contributed by atoms with Gasteiger partial charge in [-0.1, -0.05) is 0 Å². The maximum Gasteiger partial charge on any atom is 0.224 e. The average Bonchev–Trinajstić information content (AvgIpc) is 2.46. The Morgan fingerprint density at radius 2 is 1.95 bits per heavy atom. The number of benzene rings is 1. The van der Waals surface area contributed by atoms with E-state index in [4.69, 9.17) is 17.3 Å². The Labute approximate surface area is 127 Å². The van der Waals surface area contributed by atoms with Crippen LogP contribution in [0.5, 0.6) is 0 Å².